The van der Waals surface area contributed by atoms with Crippen LogP contribution in [0.2, 0.25) is 0 Å². The second-order valence-corrected chi connectivity index (χ2v) is 5.38. The van der Waals surface area contributed by atoms with E-state index in [1.165, 1.54) is 13.8 Å². The van der Waals surface area contributed by atoms with Crippen molar-refractivity contribution < 1.29 is 28.6 Å². The van der Waals surface area contributed by atoms with Gasteiger partial charge in [-0.2, -0.15) is 0 Å². The van der Waals surface area contributed by atoms with Crippen LogP contribution in [0.15, 0.2) is 18.2 Å². The molecule has 0 saturated heterocycles. The average Bonchev–Trinajstić information content (AvgIpc) is 2.53. The largest absolute Gasteiger partial charge is 0.461 e. The van der Waals surface area contributed by atoms with Gasteiger partial charge in [0.05, 0.1) is 12.3 Å². The van der Waals surface area contributed by atoms with Gasteiger partial charge in [-0.15, -0.1) is 0 Å². The van der Waals surface area contributed by atoms with Crippen LogP contribution in [0.3, 0.4) is 0 Å². The monoisotopic (exact) mass is 345 g/mol. The molecule has 1 aromatic carbocycles. The van der Waals surface area contributed by atoms with Gasteiger partial charge in [0, 0.05) is 24.6 Å². The van der Waals surface area contributed by atoms with Crippen molar-refractivity contribution in [3.05, 3.63) is 35.2 Å². The van der Waals surface area contributed by atoms with Gasteiger partial charge in [-0.05, 0) is 19.9 Å². The molecule has 0 radical (unpaired) electrons. The molecule has 0 saturated carbocycles. The first kappa shape index (κ1) is 18.4. The molecular weight excluding hydrogens is 326 g/mol. The van der Waals surface area contributed by atoms with E-state index >= 15 is 0 Å². The van der Waals surface area contributed by atoms with Gasteiger partial charge in [-0.3, -0.25) is 9.59 Å². The quantitative estimate of drug-likeness (QED) is 0.769. The number of rotatable bonds is 5. The third-order valence-corrected chi connectivity index (χ3v) is 3.32. The van der Waals surface area contributed by atoms with Gasteiger partial charge in [0.2, 0.25) is 0 Å². The lowest BCUT2D eigenvalue weighted by molar-refractivity contribution is -0.142. The van der Waals surface area contributed by atoms with Gasteiger partial charge >= 0.3 is 17.9 Å². The number of nitrogens with zero attached hydrogens (tertiary/aromatic N) is 1. The molecule has 0 N–H and O–H groups in total. The third-order valence-electron chi connectivity index (χ3n) is 3.32. The van der Waals surface area contributed by atoms with Crippen molar-refractivity contribution in [2.45, 2.75) is 34.3 Å². The molecule has 0 aliphatic heterocycles. The number of hydrogen-bond donors (Lipinski definition) is 0. The van der Waals surface area contributed by atoms with Crippen LogP contribution in [0.25, 0.3) is 10.8 Å². The van der Waals surface area contributed by atoms with Gasteiger partial charge in [0.25, 0.3) is 0 Å². The van der Waals surface area contributed by atoms with Gasteiger partial charge in [-0.25, -0.2) is 9.78 Å². The Morgan fingerprint density at radius 2 is 1.76 bits per heavy atom. The Morgan fingerprint density at radius 3 is 2.36 bits per heavy atom. The lowest BCUT2D eigenvalue weighted by atomic mass is 10.0. The fraction of sp³-hybridized carbons (Fsp3) is 0.333. The molecule has 0 spiro atoms. The predicted octanol–water partition coefficient (Wildman–Crippen LogP) is 2.71. The number of aryl methyl sites for hydroxylation is 1. The molecular formula is C18H19NO6. The van der Waals surface area contributed by atoms with Gasteiger partial charge in [0.1, 0.15) is 6.61 Å². The van der Waals surface area contributed by atoms with E-state index in [9.17, 15) is 14.4 Å². The van der Waals surface area contributed by atoms with Crippen LogP contribution in [0.4, 0.5) is 0 Å². The summed E-state index contributed by atoms with van der Waals surface area (Å²) in [4.78, 5) is 39.1. The topological polar surface area (TPSA) is 91.8 Å². The molecule has 25 heavy (non-hydrogen) atoms. The van der Waals surface area contributed by atoms with Crippen molar-refractivity contribution >= 4 is 28.7 Å². The van der Waals surface area contributed by atoms with E-state index in [2.05, 4.69) is 4.98 Å². The highest BCUT2D eigenvalue weighted by atomic mass is 16.6. The molecule has 0 unspecified atom stereocenters. The van der Waals surface area contributed by atoms with Crippen LogP contribution in [0.1, 0.15) is 42.5 Å². The lowest BCUT2D eigenvalue weighted by Gasteiger charge is -2.14. The normalized spacial score (nSPS) is 10.4. The Labute approximate surface area is 144 Å². The molecule has 0 aliphatic carbocycles. The molecule has 0 amide bonds. The Kier molecular flexibility index (Phi) is 5.69. The van der Waals surface area contributed by atoms with Gasteiger partial charge < -0.3 is 14.2 Å². The zero-order valence-electron chi connectivity index (χ0n) is 14.5. The van der Waals surface area contributed by atoms with Crippen molar-refractivity contribution in [1.82, 2.24) is 4.98 Å². The molecule has 0 bridgehead atoms. The molecule has 132 valence electrons. The standard InChI is InChI=1S/C18H19NO6/c1-5-23-18(22)16-17(25-12(4)21)13-7-6-10(2)8-14(13)15(19-16)9-24-11(3)20/h6-8H,5,9H2,1-4H3. The Balaban J connectivity index is 2.73. The molecule has 7 heteroatoms. The molecule has 7 nitrogen and oxygen atoms in total. The molecule has 1 aromatic heterocycles. The summed E-state index contributed by atoms with van der Waals surface area (Å²) in [6.45, 7) is 6.11. The van der Waals surface area contributed by atoms with Crippen LogP contribution in [-0.2, 0) is 25.7 Å². The highest BCUT2D eigenvalue weighted by Gasteiger charge is 2.23. The molecule has 2 aromatic rings. The fourth-order valence-corrected chi connectivity index (χ4v) is 2.33. The van der Waals surface area contributed by atoms with E-state index in [0.29, 0.717) is 16.5 Å². The molecule has 0 fully saturated rings. The van der Waals surface area contributed by atoms with Crippen molar-refractivity contribution in [3.8, 4) is 5.75 Å². The number of ether oxygens (including phenoxy) is 3. The minimum atomic E-state index is -0.717. The number of carbonyl (C=O) groups excluding carboxylic acids is 3. The van der Waals surface area contributed by atoms with Crippen molar-refractivity contribution in [1.29, 1.82) is 0 Å². The molecule has 2 rings (SSSR count). The van der Waals surface area contributed by atoms with E-state index in [-0.39, 0.29) is 24.7 Å². The van der Waals surface area contributed by atoms with E-state index in [1.807, 2.05) is 19.1 Å². The maximum absolute atomic E-state index is 12.3. The number of fused-ring (bicyclic) bond motifs is 1. The van der Waals surface area contributed by atoms with Crippen LogP contribution < -0.4 is 4.74 Å². The minimum Gasteiger partial charge on any atom is -0.461 e. The van der Waals surface area contributed by atoms with Crippen LogP contribution >= 0.6 is 0 Å². The molecule has 0 aliphatic rings. The summed E-state index contributed by atoms with van der Waals surface area (Å²) >= 11 is 0. The van der Waals surface area contributed by atoms with Gasteiger partial charge in [-0.1, -0.05) is 17.7 Å². The SMILES string of the molecule is CCOC(=O)c1nc(COC(C)=O)c2cc(C)ccc2c1OC(C)=O. The minimum absolute atomic E-state index is 0.0347. The van der Waals surface area contributed by atoms with Gasteiger partial charge in [0.15, 0.2) is 11.4 Å². The number of benzene rings is 1. The zero-order chi connectivity index (χ0) is 18.6. The third kappa shape index (κ3) is 4.32. The van der Waals surface area contributed by atoms with E-state index in [4.69, 9.17) is 14.2 Å². The average molecular weight is 345 g/mol. The number of pyridine rings is 1. The van der Waals surface area contributed by atoms with Crippen molar-refractivity contribution in [3.63, 3.8) is 0 Å². The molecule has 0 atom stereocenters. The summed E-state index contributed by atoms with van der Waals surface area (Å²) in [5.74, 6) is -1.73. The number of esters is 3. The van der Waals surface area contributed by atoms with E-state index in [0.717, 1.165) is 5.56 Å². The number of carbonyl (C=O) groups is 3. The summed E-state index contributed by atoms with van der Waals surface area (Å²) in [5, 5.41) is 1.14. The summed E-state index contributed by atoms with van der Waals surface area (Å²) in [6, 6.07) is 5.37. The second-order valence-electron chi connectivity index (χ2n) is 5.38. The Hall–Kier alpha value is -2.96. The summed E-state index contributed by atoms with van der Waals surface area (Å²) in [6.07, 6.45) is 0. The highest BCUT2D eigenvalue weighted by Crippen LogP contribution is 2.32. The maximum atomic E-state index is 12.3. The lowest BCUT2D eigenvalue weighted by Crippen LogP contribution is -2.15. The second kappa shape index (κ2) is 7.74. The predicted molar refractivity (Wildman–Crippen MR) is 89.2 cm³/mol. The molecule has 1 heterocycles. The summed E-state index contributed by atoms with van der Waals surface area (Å²) in [5.41, 5.74) is 1.19. The highest BCUT2D eigenvalue weighted by molar-refractivity contribution is 6.01. The summed E-state index contributed by atoms with van der Waals surface area (Å²) in [7, 11) is 0. The van der Waals surface area contributed by atoms with Crippen LogP contribution in [0, 0.1) is 6.92 Å². The first-order valence-corrected chi connectivity index (χ1v) is 7.75. The number of hydrogen-bond acceptors (Lipinski definition) is 7. The fourth-order valence-electron chi connectivity index (χ4n) is 2.33. The van der Waals surface area contributed by atoms with Crippen LogP contribution in [0.5, 0.6) is 5.75 Å². The maximum Gasteiger partial charge on any atom is 0.360 e. The number of aromatic nitrogens is 1. The van der Waals surface area contributed by atoms with Crippen molar-refractivity contribution in [2.24, 2.45) is 0 Å². The smallest absolute Gasteiger partial charge is 0.360 e. The van der Waals surface area contributed by atoms with Crippen LogP contribution in [-0.4, -0.2) is 29.5 Å². The zero-order valence-corrected chi connectivity index (χ0v) is 14.5. The van der Waals surface area contributed by atoms with Crippen molar-refractivity contribution in [2.75, 3.05) is 6.61 Å². The Morgan fingerprint density at radius 1 is 1.04 bits per heavy atom. The Bertz CT molecular complexity index is 843. The van der Waals surface area contributed by atoms with E-state index in [1.54, 1.807) is 13.0 Å². The van der Waals surface area contributed by atoms with E-state index < -0.39 is 17.9 Å². The summed E-state index contributed by atoms with van der Waals surface area (Å²) < 4.78 is 15.3. The first-order valence-electron chi connectivity index (χ1n) is 7.75. The first-order chi connectivity index (χ1) is 11.8.